The van der Waals surface area contributed by atoms with E-state index >= 15 is 0 Å². The molecule has 5 rings (SSSR count). The van der Waals surface area contributed by atoms with Crippen molar-refractivity contribution < 1.29 is 33.3 Å². The fraction of sp³-hybridized carbons (Fsp3) is 0.583. The minimum absolute atomic E-state index is 0.0781. The zero-order chi connectivity index (χ0) is 22.1. The van der Waals surface area contributed by atoms with Crippen LogP contribution in [0.4, 0.5) is 4.79 Å². The molecule has 2 fully saturated rings. The van der Waals surface area contributed by atoms with Gasteiger partial charge >= 0.3 is 6.09 Å². The van der Waals surface area contributed by atoms with Gasteiger partial charge in [0.05, 0.1) is 31.0 Å². The smallest absolute Gasteiger partial charge is 0.410 e. The van der Waals surface area contributed by atoms with Crippen LogP contribution in [-0.2, 0) is 19.0 Å². The quantitative estimate of drug-likeness (QED) is 0.710. The Kier molecular flexibility index (Phi) is 5.95. The second-order valence-electron chi connectivity index (χ2n) is 8.70. The maximum atomic E-state index is 13.4. The summed E-state index contributed by atoms with van der Waals surface area (Å²) in [5.74, 6) is 1.29. The highest BCUT2D eigenvalue weighted by Gasteiger charge is 2.45. The summed E-state index contributed by atoms with van der Waals surface area (Å²) >= 11 is 0. The van der Waals surface area contributed by atoms with Gasteiger partial charge in [0.15, 0.2) is 17.3 Å². The molecule has 1 aromatic carbocycles. The summed E-state index contributed by atoms with van der Waals surface area (Å²) in [6.07, 6.45) is 2.72. The molecule has 1 saturated heterocycles. The molecule has 1 aromatic rings. The number of carbonyl (C=O) groups excluding carboxylic acids is 2. The van der Waals surface area contributed by atoms with Crippen molar-refractivity contribution in [2.24, 2.45) is 11.8 Å². The zero-order valence-electron chi connectivity index (χ0n) is 18.3. The summed E-state index contributed by atoms with van der Waals surface area (Å²) < 4.78 is 28.5. The fourth-order valence-corrected chi connectivity index (χ4v) is 5.00. The summed E-state index contributed by atoms with van der Waals surface area (Å²) in [4.78, 5) is 27.7. The number of hydrogen-bond donors (Lipinski definition) is 0. The molecule has 0 N–H and O–H groups in total. The number of carbonyl (C=O) groups is 2. The van der Waals surface area contributed by atoms with E-state index in [1.807, 2.05) is 18.2 Å². The molecule has 0 radical (unpaired) electrons. The predicted molar refractivity (Wildman–Crippen MR) is 114 cm³/mol. The van der Waals surface area contributed by atoms with Crippen LogP contribution in [0.15, 0.2) is 24.5 Å². The second kappa shape index (κ2) is 9.02. The van der Waals surface area contributed by atoms with E-state index in [1.165, 1.54) is 0 Å². The van der Waals surface area contributed by atoms with Crippen molar-refractivity contribution in [2.75, 3.05) is 39.5 Å². The molecule has 1 amide bonds. The molecule has 1 saturated carbocycles. The Balaban J connectivity index is 1.30. The number of ketones is 1. The summed E-state index contributed by atoms with van der Waals surface area (Å²) in [6, 6.07) is 5.55. The molecule has 3 heterocycles. The summed E-state index contributed by atoms with van der Waals surface area (Å²) in [7, 11) is 0. The van der Waals surface area contributed by atoms with Gasteiger partial charge in [-0.3, -0.25) is 4.79 Å². The number of Topliss-reactive ketones (excluding diaryl/α,β-unsaturated/α-hetero) is 1. The van der Waals surface area contributed by atoms with E-state index in [2.05, 4.69) is 6.92 Å². The Morgan fingerprint density at radius 2 is 1.88 bits per heavy atom. The third-order valence-electron chi connectivity index (χ3n) is 6.86. The van der Waals surface area contributed by atoms with Crippen LogP contribution in [0.2, 0.25) is 0 Å². The Morgan fingerprint density at radius 1 is 1.09 bits per heavy atom. The van der Waals surface area contributed by atoms with E-state index in [0.717, 1.165) is 12.0 Å². The van der Waals surface area contributed by atoms with Crippen molar-refractivity contribution in [2.45, 2.75) is 38.4 Å². The SMILES string of the molecule is CCC1CC2C(=O)C(c3ccc4c(c3)OCCO4)=COC2CC1OC(=O)N1CCOCC1. The number of rotatable bonds is 3. The number of amides is 1. The lowest BCUT2D eigenvalue weighted by Crippen LogP contribution is -2.48. The van der Waals surface area contributed by atoms with Crippen molar-refractivity contribution >= 4 is 17.4 Å². The molecule has 3 aliphatic heterocycles. The van der Waals surface area contributed by atoms with Crippen LogP contribution in [-0.4, -0.2) is 68.5 Å². The van der Waals surface area contributed by atoms with Crippen LogP contribution in [0.5, 0.6) is 11.5 Å². The van der Waals surface area contributed by atoms with Gasteiger partial charge in [-0.05, 0) is 36.5 Å². The third-order valence-corrected chi connectivity index (χ3v) is 6.86. The first-order valence-electron chi connectivity index (χ1n) is 11.5. The van der Waals surface area contributed by atoms with E-state index < -0.39 is 0 Å². The molecule has 1 aliphatic carbocycles. The normalized spacial score (nSPS) is 29.5. The Morgan fingerprint density at radius 3 is 2.66 bits per heavy atom. The van der Waals surface area contributed by atoms with Crippen LogP contribution < -0.4 is 9.47 Å². The van der Waals surface area contributed by atoms with E-state index in [4.69, 9.17) is 23.7 Å². The lowest BCUT2D eigenvalue weighted by Gasteiger charge is -2.42. The number of benzene rings is 1. The van der Waals surface area contributed by atoms with Gasteiger partial charge in [0, 0.05) is 19.5 Å². The monoisotopic (exact) mass is 443 g/mol. The molecule has 4 atom stereocenters. The molecule has 4 aliphatic rings. The molecule has 8 nitrogen and oxygen atoms in total. The number of ether oxygens (including phenoxy) is 5. The summed E-state index contributed by atoms with van der Waals surface area (Å²) in [5.41, 5.74) is 1.33. The molecule has 4 unspecified atom stereocenters. The van der Waals surface area contributed by atoms with Gasteiger partial charge in [-0.25, -0.2) is 4.79 Å². The molecular formula is C24H29NO7. The molecule has 0 aromatic heterocycles. The molecule has 172 valence electrons. The van der Waals surface area contributed by atoms with Crippen LogP contribution in [0.1, 0.15) is 31.7 Å². The van der Waals surface area contributed by atoms with Crippen molar-refractivity contribution in [1.29, 1.82) is 0 Å². The number of nitrogens with zero attached hydrogens (tertiary/aromatic N) is 1. The molecule has 0 spiro atoms. The standard InChI is InChI=1S/C24H29NO7/c1-2-15-11-17-21(13-20(15)32-24(27)25-5-7-28-8-6-25)31-14-18(23(17)26)16-3-4-19-22(12-16)30-10-9-29-19/h3-4,12,14-15,17,20-21H,2,5-11,13H2,1H3. The highest BCUT2D eigenvalue weighted by molar-refractivity contribution is 6.22. The van der Waals surface area contributed by atoms with Crippen molar-refractivity contribution in [3.8, 4) is 11.5 Å². The fourth-order valence-electron chi connectivity index (χ4n) is 5.00. The third kappa shape index (κ3) is 4.03. The van der Waals surface area contributed by atoms with E-state index in [0.29, 0.717) is 69.4 Å². The first-order chi connectivity index (χ1) is 15.6. The molecule has 0 bridgehead atoms. The van der Waals surface area contributed by atoms with Gasteiger partial charge in [-0.1, -0.05) is 13.0 Å². The predicted octanol–water partition coefficient (Wildman–Crippen LogP) is 3.04. The first kappa shape index (κ1) is 21.1. The topological polar surface area (TPSA) is 83.5 Å². The largest absolute Gasteiger partial charge is 0.496 e. The van der Waals surface area contributed by atoms with E-state index in [-0.39, 0.29) is 35.9 Å². The van der Waals surface area contributed by atoms with Crippen molar-refractivity contribution in [1.82, 2.24) is 4.90 Å². The summed E-state index contributed by atoms with van der Waals surface area (Å²) in [6.45, 7) is 5.26. The highest BCUT2D eigenvalue weighted by atomic mass is 16.6. The average molecular weight is 443 g/mol. The lowest BCUT2D eigenvalue weighted by molar-refractivity contribution is -0.130. The Hall–Kier alpha value is -2.74. The first-order valence-corrected chi connectivity index (χ1v) is 11.5. The van der Waals surface area contributed by atoms with E-state index in [1.54, 1.807) is 11.2 Å². The van der Waals surface area contributed by atoms with Gasteiger partial charge < -0.3 is 28.6 Å². The Bertz CT molecular complexity index is 908. The van der Waals surface area contributed by atoms with E-state index in [9.17, 15) is 9.59 Å². The van der Waals surface area contributed by atoms with Crippen molar-refractivity contribution in [3.63, 3.8) is 0 Å². The minimum Gasteiger partial charge on any atom is -0.496 e. The maximum Gasteiger partial charge on any atom is 0.410 e. The average Bonchev–Trinajstić information content (AvgIpc) is 2.84. The number of morpholine rings is 1. The van der Waals surface area contributed by atoms with Gasteiger partial charge in [0.2, 0.25) is 0 Å². The maximum absolute atomic E-state index is 13.4. The molecular weight excluding hydrogens is 414 g/mol. The lowest BCUT2D eigenvalue weighted by atomic mass is 9.72. The van der Waals surface area contributed by atoms with Crippen LogP contribution in [0.3, 0.4) is 0 Å². The van der Waals surface area contributed by atoms with Crippen LogP contribution in [0.25, 0.3) is 5.57 Å². The van der Waals surface area contributed by atoms with Gasteiger partial charge in [0.1, 0.15) is 25.4 Å². The van der Waals surface area contributed by atoms with Gasteiger partial charge in [0.25, 0.3) is 0 Å². The van der Waals surface area contributed by atoms with Gasteiger partial charge in [-0.15, -0.1) is 0 Å². The van der Waals surface area contributed by atoms with Gasteiger partial charge in [-0.2, -0.15) is 0 Å². The minimum atomic E-state index is -0.301. The molecule has 32 heavy (non-hydrogen) atoms. The van der Waals surface area contributed by atoms with Crippen LogP contribution >= 0.6 is 0 Å². The zero-order valence-corrected chi connectivity index (χ0v) is 18.3. The highest BCUT2D eigenvalue weighted by Crippen LogP contribution is 2.42. The summed E-state index contributed by atoms with van der Waals surface area (Å²) in [5, 5.41) is 0. The molecule has 8 heteroatoms. The second-order valence-corrected chi connectivity index (χ2v) is 8.70. The van der Waals surface area contributed by atoms with Crippen LogP contribution in [0, 0.1) is 11.8 Å². The van der Waals surface area contributed by atoms with Crippen molar-refractivity contribution in [3.05, 3.63) is 30.0 Å². The number of fused-ring (bicyclic) bond motifs is 2. The number of allylic oxidation sites excluding steroid dienone is 1. The number of hydrogen-bond acceptors (Lipinski definition) is 7. The Labute approximate surface area is 187 Å².